The molecule has 0 aromatic heterocycles. The van der Waals surface area contributed by atoms with Crippen LogP contribution >= 0.6 is 0 Å². The molecule has 1 atom stereocenters. The van der Waals surface area contributed by atoms with Crippen LogP contribution in [0, 0.1) is 17.8 Å². The van der Waals surface area contributed by atoms with Crippen molar-refractivity contribution in [2.45, 2.75) is 102 Å². The number of hydrogen-bond acceptors (Lipinski definition) is 1. The minimum Gasteiger partial charge on any atom is -0.382 e. The van der Waals surface area contributed by atoms with Crippen LogP contribution < -0.4 is 0 Å². The van der Waals surface area contributed by atoms with Crippen molar-refractivity contribution < 1.29 is 13.9 Å². The number of fused-ring (bicyclic) bond motifs is 1. The van der Waals surface area contributed by atoms with Crippen molar-refractivity contribution in [2.75, 3.05) is 0 Å². The van der Waals surface area contributed by atoms with Gasteiger partial charge in [-0.3, -0.25) is 0 Å². The molecule has 1 N–H and O–H groups in total. The van der Waals surface area contributed by atoms with E-state index in [0.717, 1.165) is 17.8 Å². The summed E-state index contributed by atoms with van der Waals surface area (Å²) in [7, 11) is 0. The summed E-state index contributed by atoms with van der Waals surface area (Å²) in [5.74, 6) is 0.0698. The first-order valence-corrected chi connectivity index (χ1v) is 12.4. The largest absolute Gasteiger partial charge is 0.382 e. The molecule has 0 aliphatic heterocycles. The molecule has 3 aliphatic carbocycles. The summed E-state index contributed by atoms with van der Waals surface area (Å²) in [6, 6.07) is 5.37. The second kappa shape index (κ2) is 9.51. The summed E-state index contributed by atoms with van der Waals surface area (Å²) in [5, 5.41) is 9.59. The van der Waals surface area contributed by atoms with Gasteiger partial charge in [0.2, 0.25) is 0 Å². The maximum atomic E-state index is 14.2. The zero-order valence-corrected chi connectivity index (χ0v) is 18.5. The molecular formula is C27H38F2O. The van der Waals surface area contributed by atoms with Gasteiger partial charge in [0.1, 0.15) is 6.10 Å². The highest BCUT2D eigenvalue weighted by molar-refractivity contribution is 5.60. The Kier molecular flexibility index (Phi) is 6.97. The summed E-state index contributed by atoms with van der Waals surface area (Å²) in [4.78, 5) is 0. The third-order valence-electron chi connectivity index (χ3n) is 8.28. The topological polar surface area (TPSA) is 20.2 Å². The third kappa shape index (κ3) is 4.66. The van der Waals surface area contributed by atoms with E-state index in [1.54, 1.807) is 12.1 Å². The molecule has 1 unspecified atom stereocenters. The van der Waals surface area contributed by atoms with Crippen molar-refractivity contribution in [1.82, 2.24) is 0 Å². The molecule has 3 aliphatic rings. The van der Waals surface area contributed by atoms with Gasteiger partial charge in [-0.25, -0.2) is 0 Å². The quantitative estimate of drug-likeness (QED) is 0.469. The Balaban J connectivity index is 1.29. The standard InChI is InChI=1S/C27H38F2O/c1-2-3-4-5-19-6-8-20(9-7-19)21-10-12-22(13-11-21)23-14-16-25-24(18-23)15-17-26(30)27(25,28)29/h14-22,26,30H,2-13H2,1H3. The van der Waals surface area contributed by atoms with Crippen LogP contribution in [0.3, 0.4) is 0 Å². The Morgan fingerprint density at radius 2 is 1.60 bits per heavy atom. The highest BCUT2D eigenvalue weighted by atomic mass is 19.3. The fourth-order valence-electron chi connectivity index (χ4n) is 6.31. The SMILES string of the molecule is CCCCCC1CCC(C2CCC(c3ccc4c(c3)C=CC(O)C4(F)F)CC2)CC1. The molecule has 0 radical (unpaired) electrons. The van der Waals surface area contributed by atoms with Gasteiger partial charge in [0, 0.05) is 5.56 Å². The Morgan fingerprint density at radius 3 is 2.27 bits per heavy atom. The number of benzene rings is 1. The van der Waals surface area contributed by atoms with E-state index in [1.165, 1.54) is 88.7 Å². The molecule has 1 aromatic carbocycles. The van der Waals surface area contributed by atoms with Crippen LogP contribution in [0.25, 0.3) is 6.08 Å². The van der Waals surface area contributed by atoms with Gasteiger partial charge in [-0.05, 0) is 79.4 Å². The van der Waals surface area contributed by atoms with E-state index in [2.05, 4.69) is 6.92 Å². The number of halogens is 2. The lowest BCUT2D eigenvalue weighted by Crippen LogP contribution is -2.32. The van der Waals surface area contributed by atoms with Crippen molar-refractivity contribution in [3.05, 3.63) is 41.0 Å². The number of aliphatic hydroxyl groups is 1. The van der Waals surface area contributed by atoms with E-state index < -0.39 is 12.0 Å². The molecule has 1 nitrogen and oxygen atoms in total. The summed E-state index contributed by atoms with van der Waals surface area (Å²) in [5.41, 5.74) is 1.74. The Hall–Kier alpha value is -1.22. The van der Waals surface area contributed by atoms with Crippen molar-refractivity contribution in [2.24, 2.45) is 17.8 Å². The zero-order chi connectivity index (χ0) is 21.1. The lowest BCUT2D eigenvalue weighted by atomic mass is 9.68. The predicted octanol–water partition coefficient (Wildman–Crippen LogP) is 7.83. The van der Waals surface area contributed by atoms with Gasteiger partial charge in [-0.2, -0.15) is 8.78 Å². The second-order valence-corrected chi connectivity index (χ2v) is 10.2. The normalized spacial score (nSPS) is 33.3. The molecule has 0 saturated heterocycles. The number of unbranched alkanes of at least 4 members (excludes halogenated alkanes) is 2. The number of hydrogen-bond donors (Lipinski definition) is 1. The monoisotopic (exact) mass is 416 g/mol. The molecule has 0 bridgehead atoms. The van der Waals surface area contributed by atoms with E-state index in [4.69, 9.17) is 0 Å². The molecule has 4 rings (SSSR count). The maximum Gasteiger partial charge on any atom is 0.302 e. The zero-order valence-electron chi connectivity index (χ0n) is 18.5. The number of rotatable bonds is 6. The van der Waals surface area contributed by atoms with Crippen molar-refractivity contribution in [3.8, 4) is 0 Å². The predicted molar refractivity (Wildman–Crippen MR) is 120 cm³/mol. The number of alkyl halides is 2. The average molecular weight is 417 g/mol. The van der Waals surface area contributed by atoms with E-state index in [0.29, 0.717) is 11.5 Å². The lowest BCUT2D eigenvalue weighted by Gasteiger charge is -2.38. The van der Waals surface area contributed by atoms with E-state index in [-0.39, 0.29) is 5.56 Å². The Morgan fingerprint density at radius 1 is 0.933 bits per heavy atom. The van der Waals surface area contributed by atoms with Crippen LogP contribution in [0.15, 0.2) is 24.3 Å². The fraction of sp³-hybridized carbons (Fsp3) is 0.704. The summed E-state index contributed by atoms with van der Waals surface area (Å²) in [6.07, 6.45) is 17.4. The van der Waals surface area contributed by atoms with Gasteiger partial charge in [0.15, 0.2) is 0 Å². The van der Waals surface area contributed by atoms with E-state index in [9.17, 15) is 13.9 Å². The molecule has 0 spiro atoms. The summed E-state index contributed by atoms with van der Waals surface area (Å²) < 4.78 is 28.5. The van der Waals surface area contributed by atoms with Gasteiger partial charge < -0.3 is 5.11 Å². The van der Waals surface area contributed by atoms with Crippen molar-refractivity contribution in [1.29, 1.82) is 0 Å². The molecule has 166 valence electrons. The highest BCUT2D eigenvalue weighted by Crippen LogP contribution is 2.46. The maximum absolute atomic E-state index is 14.2. The van der Waals surface area contributed by atoms with E-state index >= 15 is 0 Å². The Labute approximate surface area is 181 Å². The smallest absolute Gasteiger partial charge is 0.302 e. The van der Waals surface area contributed by atoms with Gasteiger partial charge in [-0.15, -0.1) is 0 Å². The first kappa shape index (κ1) is 22.0. The fourth-order valence-corrected chi connectivity index (χ4v) is 6.31. The molecule has 2 fully saturated rings. The molecule has 0 amide bonds. The van der Waals surface area contributed by atoms with Gasteiger partial charge in [-0.1, -0.05) is 69.7 Å². The molecule has 1 aromatic rings. The lowest BCUT2D eigenvalue weighted by molar-refractivity contribution is -0.0940. The molecule has 3 heteroatoms. The number of aliphatic hydroxyl groups excluding tert-OH is 1. The van der Waals surface area contributed by atoms with Crippen LogP contribution in [0.4, 0.5) is 8.78 Å². The van der Waals surface area contributed by atoms with Gasteiger partial charge in [0.25, 0.3) is 0 Å². The second-order valence-electron chi connectivity index (χ2n) is 10.2. The van der Waals surface area contributed by atoms with Crippen molar-refractivity contribution >= 4 is 6.08 Å². The first-order valence-electron chi connectivity index (χ1n) is 12.4. The summed E-state index contributed by atoms with van der Waals surface area (Å²) in [6.45, 7) is 2.29. The third-order valence-corrected chi connectivity index (χ3v) is 8.28. The molecule has 0 heterocycles. The van der Waals surface area contributed by atoms with Crippen LogP contribution in [0.1, 0.15) is 107 Å². The van der Waals surface area contributed by atoms with Gasteiger partial charge >= 0.3 is 5.92 Å². The van der Waals surface area contributed by atoms with Crippen LogP contribution in [0.2, 0.25) is 0 Å². The minimum absolute atomic E-state index is 0.0365. The van der Waals surface area contributed by atoms with Crippen molar-refractivity contribution in [3.63, 3.8) is 0 Å². The molecular weight excluding hydrogens is 378 g/mol. The molecule has 2 saturated carbocycles. The van der Waals surface area contributed by atoms with Crippen LogP contribution in [0.5, 0.6) is 0 Å². The first-order chi connectivity index (χ1) is 14.5. The van der Waals surface area contributed by atoms with Gasteiger partial charge in [0.05, 0.1) is 0 Å². The molecule has 30 heavy (non-hydrogen) atoms. The average Bonchev–Trinajstić information content (AvgIpc) is 2.77. The highest BCUT2D eigenvalue weighted by Gasteiger charge is 2.42. The summed E-state index contributed by atoms with van der Waals surface area (Å²) >= 11 is 0. The Bertz CT molecular complexity index is 724. The van der Waals surface area contributed by atoms with E-state index in [1.807, 2.05) is 12.1 Å². The minimum atomic E-state index is -3.18. The van der Waals surface area contributed by atoms with Crippen LogP contribution in [-0.2, 0) is 5.92 Å². The van der Waals surface area contributed by atoms with Crippen LogP contribution in [-0.4, -0.2) is 11.2 Å².